The van der Waals surface area contributed by atoms with E-state index in [1.54, 1.807) is 0 Å². The van der Waals surface area contributed by atoms with Crippen molar-refractivity contribution in [2.75, 3.05) is 0 Å². The van der Waals surface area contributed by atoms with Gasteiger partial charge < -0.3 is 0 Å². The van der Waals surface area contributed by atoms with Crippen LogP contribution in [0.3, 0.4) is 0 Å². The number of aryl methyl sites for hydroxylation is 1. The van der Waals surface area contributed by atoms with Crippen molar-refractivity contribution in [1.29, 1.82) is 0 Å². The molecule has 106 valence electrons. The van der Waals surface area contributed by atoms with Gasteiger partial charge in [-0.2, -0.15) is 0 Å². The van der Waals surface area contributed by atoms with E-state index in [0.29, 0.717) is 0 Å². The minimum Gasteiger partial charge on any atom is -0.242 e. The average Bonchev–Trinajstić information content (AvgIpc) is 2.36. The second kappa shape index (κ2) is 7.61. The lowest BCUT2D eigenvalue weighted by molar-refractivity contribution is 0.554. The third kappa shape index (κ3) is 6.17. The molecule has 0 saturated heterocycles. The van der Waals surface area contributed by atoms with E-state index < -0.39 is 11.0 Å². The summed E-state index contributed by atoms with van der Waals surface area (Å²) in [6.45, 7) is 9.74. The predicted molar refractivity (Wildman–Crippen MR) is 84.4 cm³/mol. The van der Waals surface area contributed by atoms with Crippen LogP contribution in [0.5, 0.6) is 0 Å². The summed E-state index contributed by atoms with van der Waals surface area (Å²) in [6, 6.07) is 10.6. The van der Waals surface area contributed by atoms with Crippen molar-refractivity contribution in [3.8, 4) is 0 Å². The standard InChI is InChI=1S/C16H25NOS/c1-5-9-15(17-19(18)16(2,3)4)13-12-14-10-7-6-8-11-14/h5-8,10-11,15,17H,1,9,12-13H2,2-4H3/t15-,19?/m1/s1. The zero-order valence-electron chi connectivity index (χ0n) is 12.2. The molecule has 0 aliphatic carbocycles. The van der Waals surface area contributed by atoms with E-state index >= 15 is 0 Å². The quantitative estimate of drug-likeness (QED) is 0.759. The van der Waals surface area contributed by atoms with Gasteiger partial charge in [0.25, 0.3) is 0 Å². The number of benzene rings is 1. The molecular weight excluding hydrogens is 254 g/mol. The second-order valence-electron chi connectivity index (χ2n) is 5.74. The molecule has 2 atom stereocenters. The summed E-state index contributed by atoms with van der Waals surface area (Å²) >= 11 is 0. The van der Waals surface area contributed by atoms with Gasteiger partial charge in [0.05, 0.1) is 15.7 Å². The fourth-order valence-corrected chi connectivity index (χ4v) is 2.61. The summed E-state index contributed by atoms with van der Waals surface area (Å²) in [5.41, 5.74) is 1.32. The third-order valence-corrected chi connectivity index (χ3v) is 4.57. The van der Waals surface area contributed by atoms with Gasteiger partial charge >= 0.3 is 0 Å². The Morgan fingerprint density at radius 2 is 1.95 bits per heavy atom. The van der Waals surface area contributed by atoms with Crippen LogP contribution in [-0.2, 0) is 17.4 Å². The largest absolute Gasteiger partial charge is 0.242 e. The van der Waals surface area contributed by atoms with Crippen LogP contribution in [0.25, 0.3) is 0 Å². The van der Waals surface area contributed by atoms with E-state index in [4.69, 9.17) is 0 Å². The highest BCUT2D eigenvalue weighted by molar-refractivity contribution is 7.84. The first-order valence-electron chi connectivity index (χ1n) is 6.76. The molecule has 1 aromatic carbocycles. The van der Waals surface area contributed by atoms with Crippen LogP contribution in [0.15, 0.2) is 43.0 Å². The molecule has 3 heteroatoms. The summed E-state index contributed by atoms with van der Waals surface area (Å²) in [5.74, 6) is 0. The van der Waals surface area contributed by atoms with Crippen molar-refractivity contribution in [1.82, 2.24) is 4.72 Å². The molecule has 1 rings (SSSR count). The first-order chi connectivity index (χ1) is 8.93. The van der Waals surface area contributed by atoms with E-state index in [2.05, 4.69) is 35.6 Å². The fourth-order valence-electron chi connectivity index (χ4n) is 1.74. The number of rotatable bonds is 7. The molecule has 0 spiro atoms. The van der Waals surface area contributed by atoms with Crippen molar-refractivity contribution in [3.63, 3.8) is 0 Å². The van der Waals surface area contributed by atoms with Gasteiger partial charge in [0, 0.05) is 6.04 Å². The van der Waals surface area contributed by atoms with Crippen molar-refractivity contribution in [3.05, 3.63) is 48.6 Å². The Morgan fingerprint density at radius 1 is 1.32 bits per heavy atom. The van der Waals surface area contributed by atoms with Gasteiger partial charge in [-0.25, -0.2) is 8.93 Å². The maximum absolute atomic E-state index is 12.1. The summed E-state index contributed by atoms with van der Waals surface area (Å²) in [7, 11) is -1.02. The zero-order chi connectivity index (χ0) is 14.3. The minimum absolute atomic E-state index is 0.220. The minimum atomic E-state index is -1.02. The van der Waals surface area contributed by atoms with Gasteiger partial charge in [-0.05, 0) is 45.6 Å². The molecule has 2 nitrogen and oxygen atoms in total. The summed E-state index contributed by atoms with van der Waals surface area (Å²) in [4.78, 5) is 0. The van der Waals surface area contributed by atoms with E-state index in [1.807, 2.05) is 32.9 Å². The monoisotopic (exact) mass is 279 g/mol. The molecule has 0 aliphatic rings. The molecule has 0 radical (unpaired) electrons. The summed E-state index contributed by atoms with van der Waals surface area (Å²) in [5, 5.41) is 0. The Balaban J connectivity index is 2.53. The van der Waals surface area contributed by atoms with Gasteiger partial charge in [0.15, 0.2) is 0 Å². The van der Waals surface area contributed by atoms with E-state index in [1.165, 1.54) is 5.56 Å². The molecule has 0 aromatic heterocycles. The van der Waals surface area contributed by atoms with Gasteiger partial charge in [0.2, 0.25) is 0 Å². The van der Waals surface area contributed by atoms with E-state index in [-0.39, 0.29) is 10.8 Å². The van der Waals surface area contributed by atoms with Crippen LogP contribution >= 0.6 is 0 Å². The fraction of sp³-hybridized carbons (Fsp3) is 0.500. The Hall–Kier alpha value is -0.930. The number of nitrogens with one attached hydrogen (secondary N) is 1. The Labute approximate surface area is 119 Å². The molecule has 1 aromatic rings. The highest BCUT2D eigenvalue weighted by Gasteiger charge is 2.22. The lowest BCUT2D eigenvalue weighted by Gasteiger charge is -2.23. The molecule has 1 unspecified atom stereocenters. The van der Waals surface area contributed by atoms with Crippen LogP contribution in [0.2, 0.25) is 0 Å². The normalized spacial score (nSPS) is 14.9. The zero-order valence-corrected chi connectivity index (χ0v) is 13.0. The lowest BCUT2D eigenvalue weighted by Crippen LogP contribution is -2.39. The van der Waals surface area contributed by atoms with Gasteiger partial charge in [-0.3, -0.25) is 0 Å². The molecule has 0 heterocycles. The van der Waals surface area contributed by atoms with Gasteiger partial charge in [-0.1, -0.05) is 36.4 Å². The molecule has 19 heavy (non-hydrogen) atoms. The first kappa shape index (κ1) is 16.1. The van der Waals surface area contributed by atoms with Crippen molar-refractivity contribution >= 4 is 11.0 Å². The molecule has 1 N–H and O–H groups in total. The van der Waals surface area contributed by atoms with Crippen molar-refractivity contribution in [2.45, 2.75) is 50.8 Å². The molecule has 0 aliphatic heterocycles. The van der Waals surface area contributed by atoms with Crippen LogP contribution in [0.4, 0.5) is 0 Å². The van der Waals surface area contributed by atoms with Crippen LogP contribution in [0.1, 0.15) is 39.2 Å². The maximum Gasteiger partial charge on any atom is 0.0972 e. The van der Waals surface area contributed by atoms with Crippen molar-refractivity contribution < 1.29 is 4.21 Å². The number of hydrogen-bond donors (Lipinski definition) is 1. The van der Waals surface area contributed by atoms with Gasteiger partial charge in [-0.15, -0.1) is 6.58 Å². The highest BCUT2D eigenvalue weighted by atomic mass is 32.2. The average molecular weight is 279 g/mol. The molecule has 0 saturated carbocycles. The smallest absolute Gasteiger partial charge is 0.0972 e. The topological polar surface area (TPSA) is 29.1 Å². The Morgan fingerprint density at radius 3 is 2.47 bits per heavy atom. The molecular formula is C16H25NOS. The molecule has 0 fully saturated rings. The molecule has 0 amide bonds. The summed E-state index contributed by atoms with van der Waals surface area (Å²) in [6.07, 6.45) is 4.70. The van der Waals surface area contributed by atoms with Crippen LogP contribution < -0.4 is 4.72 Å². The predicted octanol–water partition coefficient (Wildman–Crippen LogP) is 3.62. The molecule has 0 bridgehead atoms. The SMILES string of the molecule is C=CC[C@H](CCc1ccccc1)NS(=O)C(C)(C)C. The Bertz CT molecular complexity index is 409. The second-order valence-corrected chi connectivity index (χ2v) is 7.74. The first-order valence-corrected chi connectivity index (χ1v) is 7.91. The lowest BCUT2D eigenvalue weighted by atomic mass is 10.0. The van der Waals surface area contributed by atoms with E-state index in [0.717, 1.165) is 19.3 Å². The van der Waals surface area contributed by atoms with Crippen LogP contribution in [-0.4, -0.2) is 15.0 Å². The Kier molecular flexibility index (Phi) is 6.46. The van der Waals surface area contributed by atoms with E-state index in [9.17, 15) is 4.21 Å². The van der Waals surface area contributed by atoms with Gasteiger partial charge in [0.1, 0.15) is 0 Å². The maximum atomic E-state index is 12.1. The van der Waals surface area contributed by atoms with Crippen LogP contribution in [0, 0.1) is 0 Å². The highest BCUT2D eigenvalue weighted by Crippen LogP contribution is 2.13. The van der Waals surface area contributed by atoms with Crippen molar-refractivity contribution in [2.24, 2.45) is 0 Å². The number of hydrogen-bond acceptors (Lipinski definition) is 1. The summed E-state index contributed by atoms with van der Waals surface area (Å²) < 4.78 is 15.1. The third-order valence-electron chi connectivity index (χ3n) is 2.91.